The summed E-state index contributed by atoms with van der Waals surface area (Å²) in [6, 6.07) is 2.29. The van der Waals surface area contributed by atoms with Gasteiger partial charge in [-0.05, 0) is 45.6 Å². The Morgan fingerprint density at radius 3 is 2.75 bits per heavy atom. The molecule has 0 aromatic heterocycles. The van der Waals surface area contributed by atoms with Crippen LogP contribution in [-0.4, -0.2) is 49.8 Å². The van der Waals surface area contributed by atoms with Gasteiger partial charge in [0.05, 0.1) is 0 Å². The number of nitrogens with one attached hydrogen (secondary N) is 1. The second kappa shape index (κ2) is 5.99. The van der Waals surface area contributed by atoms with Crippen molar-refractivity contribution >= 4 is 0 Å². The van der Waals surface area contributed by atoms with E-state index in [1.165, 1.54) is 45.2 Å². The van der Waals surface area contributed by atoms with Gasteiger partial charge in [-0.1, -0.05) is 0 Å². The number of methoxy groups -OCH3 is 1. The lowest BCUT2D eigenvalue weighted by atomic mass is 10.1. The molecule has 3 nitrogen and oxygen atoms in total. The third kappa shape index (κ3) is 3.44. The quantitative estimate of drug-likeness (QED) is 0.714. The fourth-order valence-corrected chi connectivity index (χ4v) is 2.72. The van der Waals surface area contributed by atoms with Crippen molar-refractivity contribution in [3.05, 3.63) is 0 Å². The van der Waals surface area contributed by atoms with Crippen LogP contribution in [0.2, 0.25) is 0 Å². The summed E-state index contributed by atoms with van der Waals surface area (Å²) in [6.07, 6.45) is 6.70. The van der Waals surface area contributed by atoms with Gasteiger partial charge in [0, 0.05) is 38.4 Å². The van der Waals surface area contributed by atoms with Crippen LogP contribution in [0.1, 0.15) is 39.0 Å². The molecule has 16 heavy (non-hydrogen) atoms. The molecule has 2 rings (SSSR count). The van der Waals surface area contributed by atoms with E-state index >= 15 is 0 Å². The summed E-state index contributed by atoms with van der Waals surface area (Å²) in [5.74, 6) is 0. The molecule has 1 saturated carbocycles. The topological polar surface area (TPSA) is 24.5 Å². The Morgan fingerprint density at radius 1 is 1.38 bits per heavy atom. The van der Waals surface area contributed by atoms with Crippen molar-refractivity contribution in [3.8, 4) is 0 Å². The minimum absolute atomic E-state index is 0.676. The van der Waals surface area contributed by atoms with Crippen LogP contribution in [0.4, 0.5) is 0 Å². The third-order valence-electron chi connectivity index (χ3n) is 3.92. The number of ether oxygens (including phenoxy) is 1. The highest BCUT2D eigenvalue weighted by atomic mass is 16.5. The van der Waals surface area contributed by atoms with E-state index < -0.39 is 0 Å². The van der Waals surface area contributed by atoms with E-state index in [9.17, 15) is 0 Å². The van der Waals surface area contributed by atoms with E-state index in [-0.39, 0.29) is 0 Å². The van der Waals surface area contributed by atoms with Crippen LogP contribution in [0.15, 0.2) is 0 Å². The monoisotopic (exact) mass is 226 g/mol. The molecule has 1 aliphatic heterocycles. The molecule has 1 heterocycles. The highest BCUT2D eigenvalue weighted by Crippen LogP contribution is 2.30. The summed E-state index contributed by atoms with van der Waals surface area (Å²) < 4.78 is 5.19. The van der Waals surface area contributed by atoms with Crippen molar-refractivity contribution in [3.63, 3.8) is 0 Å². The standard InChI is InChI=1S/C13H26N2O/c1-11(7-9-16-2)15(13-5-6-13)10-12-4-3-8-14-12/h11-14H,3-10H2,1-2H3. The molecule has 2 aliphatic rings. The molecule has 2 atom stereocenters. The summed E-state index contributed by atoms with van der Waals surface area (Å²) in [7, 11) is 1.80. The molecule has 94 valence electrons. The minimum atomic E-state index is 0.676. The van der Waals surface area contributed by atoms with Crippen LogP contribution in [0.3, 0.4) is 0 Å². The van der Waals surface area contributed by atoms with Gasteiger partial charge in [0.1, 0.15) is 0 Å². The number of hydrogen-bond donors (Lipinski definition) is 1. The first kappa shape index (κ1) is 12.3. The first-order chi connectivity index (χ1) is 7.81. The smallest absolute Gasteiger partial charge is 0.0477 e. The Hall–Kier alpha value is -0.120. The first-order valence-electron chi connectivity index (χ1n) is 6.79. The molecule has 0 aromatic rings. The van der Waals surface area contributed by atoms with Crippen LogP contribution in [0.25, 0.3) is 0 Å². The Balaban J connectivity index is 1.78. The van der Waals surface area contributed by atoms with Crippen molar-refractivity contribution in [1.82, 2.24) is 10.2 Å². The van der Waals surface area contributed by atoms with Crippen LogP contribution < -0.4 is 5.32 Å². The molecule has 2 unspecified atom stereocenters. The first-order valence-corrected chi connectivity index (χ1v) is 6.79. The summed E-state index contributed by atoms with van der Waals surface area (Å²) >= 11 is 0. The molecular weight excluding hydrogens is 200 g/mol. The maximum Gasteiger partial charge on any atom is 0.0477 e. The molecule has 1 aliphatic carbocycles. The lowest BCUT2D eigenvalue weighted by Crippen LogP contribution is -2.44. The number of nitrogens with zero attached hydrogens (tertiary/aromatic N) is 1. The predicted octanol–water partition coefficient (Wildman–Crippen LogP) is 1.63. The van der Waals surface area contributed by atoms with E-state index in [0.717, 1.165) is 18.7 Å². The third-order valence-corrected chi connectivity index (χ3v) is 3.92. The normalized spacial score (nSPS) is 27.6. The SMILES string of the molecule is COCCC(C)N(CC1CCCN1)C1CC1. The summed E-state index contributed by atoms with van der Waals surface area (Å²) in [6.45, 7) is 5.71. The van der Waals surface area contributed by atoms with Gasteiger partial charge in [-0.3, -0.25) is 4.90 Å². The molecule has 0 aromatic carbocycles. The molecule has 3 heteroatoms. The highest BCUT2D eigenvalue weighted by Gasteiger charge is 2.33. The second-order valence-corrected chi connectivity index (χ2v) is 5.35. The minimum Gasteiger partial charge on any atom is -0.385 e. The molecule has 1 N–H and O–H groups in total. The zero-order valence-electron chi connectivity index (χ0n) is 10.7. The van der Waals surface area contributed by atoms with Crippen molar-refractivity contribution < 1.29 is 4.74 Å². The van der Waals surface area contributed by atoms with Crippen LogP contribution in [-0.2, 0) is 4.74 Å². The molecule has 0 bridgehead atoms. The lowest BCUT2D eigenvalue weighted by molar-refractivity contribution is 0.126. The van der Waals surface area contributed by atoms with Gasteiger partial charge in [0.2, 0.25) is 0 Å². The Bertz CT molecular complexity index is 200. The molecular formula is C13H26N2O. The largest absolute Gasteiger partial charge is 0.385 e. The van der Waals surface area contributed by atoms with Gasteiger partial charge < -0.3 is 10.1 Å². The molecule has 0 spiro atoms. The summed E-state index contributed by atoms with van der Waals surface area (Å²) in [4.78, 5) is 2.71. The van der Waals surface area contributed by atoms with Crippen molar-refractivity contribution in [2.24, 2.45) is 0 Å². The zero-order chi connectivity index (χ0) is 11.4. The average Bonchev–Trinajstić information content (AvgIpc) is 3.00. The summed E-state index contributed by atoms with van der Waals surface area (Å²) in [5.41, 5.74) is 0. The van der Waals surface area contributed by atoms with Crippen molar-refractivity contribution in [2.75, 3.05) is 26.8 Å². The second-order valence-electron chi connectivity index (χ2n) is 5.35. The van der Waals surface area contributed by atoms with Crippen LogP contribution in [0.5, 0.6) is 0 Å². The number of rotatable bonds is 7. The van der Waals surface area contributed by atoms with E-state index in [0.29, 0.717) is 6.04 Å². The van der Waals surface area contributed by atoms with Gasteiger partial charge in [0.25, 0.3) is 0 Å². The fraction of sp³-hybridized carbons (Fsp3) is 1.00. The lowest BCUT2D eigenvalue weighted by Gasteiger charge is -2.31. The van der Waals surface area contributed by atoms with Gasteiger partial charge in [-0.25, -0.2) is 0 Å². The van der Waals surface area contributed by atoms with E-state index in [2.05, 4.69) is 17.1 Å². The molecule has 1 saturated heterocycles. The molecule has 0 amide bonds. The Morgan fingerprint density at radius 2 is 2.19 bits per heavy atom. The zero-order valence-corrected chi connectivity index (χ0v) is 10.7. The van der Waals surface area contributed by atoms with Crippen LogP contribution >= 0.6 is 0 Å². The maximum atomic E-state index is 5.19. The molecule has 0 radical (unpaired) electrons. The van der Waals surface area contributed by atoms with E-state index in [1.807, 2.05) is 0 Å². The van der Waals surface area contributed by atoms with E-state index in [4.69, 9.17) is 4.74 Å². The summed E-state index contributed by atoms with van der Waals surface area (Å²) in [5, 5.41) is 3.61. The van der Waals surface area contributed by atoms with Gasteiger partial charge >= 0.3 is 0 Å². The maximum absolute atomic E-state index is 5.19. The Labute approximate surface area is 99.5 Å². The fourth-order valence-electron chi connectivity index (χ4n) is 2.72. The van der Waals surface area contributed by atoms with Gasteiger partial charge in [-0.15, -0.1) is 0 Å². The van der Waals surface area contributed by atoms with Gasteiger partial charge in [0.15, 0.2) is 0 Å². The predicted molar refractivity (Wildman–Crippen MR) is 66.7 cm³/mol. The Kier molecular flexibility index (Phi) is 4.62. The van der Waals surface area contributed by atoms with Crippen molar-refractivity contribution in [1.29, 1.82) is 0 Å². The number of hydrogen-bond acceptors (Lipinski definition) is 3. The van der Waals surface area contributed by atoms with Crippen LogP contribution in [0, 0.1) is 0 Å². The van der Waals surface area contributed by atoms with Gasteiger partial charge in [-0.2, -0.15) is 0 Å². The van der Waals surface area contributed by atoms with E-state index in [1.54, 1.807) is 7.11 Å². The average molecular weight is 226 g/mol. The molecule has 2 fully saturated rings. The highest BCUT2D eigenvalue weighted by molar-refractivity contribution is 4.90. The van der Waals surface area contributed by atoms with Crippen molar-refractivity contribution in [2.45, 2.75) is 57.2 Å².